The molecular formula is C15H18FN5O2S. The lowest BCUT2D eigenvalue weighted by molar-refractivity contribution is -0.120. The molecule has 2 heterocycles. The minimum absolute atomic E-state index is 0.101. The predicted octanol–water partition coefficient (Wildman–Crippen LogP) is 1.58. The SMILES string of the molecule is CC(Sc1nnnn1-c1cccc(F)c1)C(=O)NCC1CCCO1. The van der Waals surface area contributed by atoms with Crippen molar-refractivity contribution in [2.75, 3.05) is 13.2 Å². The molecule has 1 fully saturated rings. The predicted molar refractivity (Wildman–Crippen MR) is 86.4 cm³/mol. The van der Waals surface area contributed by atoms with E-state index in [1.807, 2.05) is 0 Å². The second-order valence-corrected chi connectivity index (χ2v) is 6.80. The highest BCUT2D eigenvalue weighted by Gasteiger charge is 2.21. The van der Waals surface area contributed by atoms with Gasteiger partial charge in [0.25, 0.3) is 0 Å². The molecule has 0 radical (unpaired) electrons. The zero-order valence-corrected chi connectivity index (χ0v) is 14.0. The number of aromatic nitrogens is 4. The Morgan fingerprint density at radius 3 is 3.21 bits per heavy atom. The van der Waals surface area contributed by atoms with Crippen LogP contribution in [0.15, 0.2) is 29.4 Å². The molecular weight excluding hydrogens is 333 g/mol. The molecule has 1 aliphatic rings. The number of hydrogen-bond donors (Lipinski definition) is 1. The number of amides is 1. The van der Waals surface area contributed by atoms with E-state index in [-0.39, 0.29) is 23.1 Å². The zero-order chi connectivity index (χ0) is 16.9. The third-order valence-corrected chi connectivity index (χ3v) is 4.71. The maximum atomic E-state index is 13.4. The summed E-state index contributed by atoms with van der Waals surface area (Å²) in [4.78, 5) is 12.2. The van der Waals surface area contributed by atoms with Crippen LogP contribution in [0.4, 0.5) is 4.39 Å². The van der Waals surface area contributed by atoms with Crippen molar-refractivity contribution in [3.8, 4) is 5.69 Å². The molecule has 1 amide bonds. The topological polar surface area (TPSA) is 81.9 Å². The van der Waals surface area contributed by atoms with Crippen molar-refractivity contribution in [2.45, 2.75) is 36.3 Å². The fourth-order valence-electron chi connectivity index (χ4n) is 2.40. The molecule has 2 aromatic rings. The van der Waals surface area contributed by atoms with Gasteiger partial charge in [0.1, 0.15) is 5.82 Å². The second-order valence-electron chi connectivity index (χ2n) is 5.49. The van der Waals surface area contributed by atoms with Crippen molar-refractivity contribution in [2.24, 2.45) is 0 Å². The van der Waals surface area contributed by atoms with E-state index in [2.05, 4.69) is 20.8 Å². The maximum Gasteiger partial charge on any atom is 0.233 e. The number of rotatable bonds is 6. The van der Waals surface area contributed by atoms with Gasteiger partial charge in [-0.05, 0) is 48.4 Å². The Morgan fingerprint density at radius 1 is 1.58 bits per heavy atom. The standard InChI is InChI=1S/C15H18FN5O2S/c1-10(14(22)17-9-13-6-3-7-23-13)24-15-18-19-20-21(15)12-5-2-4-11(16)8-12/h2,4-5,8,10,13H,3,6-7,9H2,1H3,(H,17,22). The summed E-state index contributed by atoms with van der Waals surface area (Å²) in [5.41, 5.74) is 0.509. The molecule has 0 spiro atoms. The molecule has 9 heteroatoms. The first-order chi connectivity index (χ1) is 11.6. The zero-order valence-electron chi connectivity index (χ0n) is 13.2. The van der Waals surface area contributed by atoms with Gasteiger partial charge in [0.15, 0.2) is 0 Å². The number of nitrogens with zero attached hydrogens (tertiary/aromatic N) is 4. The molecule has 3 rings (SSSR count). The van der Waals surface area contributed by atoms with E-state index in [0.717, 1.165) is 19.4 Å². The van der Waals surface area contributed by atoms with Gasteiger partial charge in [0.2, 0.25) is 11.1 Å². The Bertz CT molecular complexity index is 705. The minimum atomic E-state index is -0.385. The van der Waals surface area contributed by atoms with E-state index in [9.17, 15) is 9.18 Å². The molecule has 24 heavy (non-hydrogen) atoms. The Hall–Kier alpha value is -2.00. The van der Waals surface area contributed by atoms with Gasteiger partial charge in [-0.1, -0.05) is 17.8 Å². The Labute approximate surface area is 142 Å². The molecule has 2 unspecified atom stereocenters. The van der Waals surface area contributed by atoms with Crippen LogP contribution in [0, 0.1) is 5.82 Å². The van der Waals surface area contributed by atoms with Gasteiger partial charge < -0.3 is 10.1 Å². The van der Waals surface area contributed by atoms with Gasteiger partial charge >= 0.3 is 0 Å². The fraction of sp³-hybridized carbons (Fsp3) is 0.467. The molecule has 2 atom stereocenters. The van der Waals surface area contributed by atoms with Crippen molar-refractivity contribution in [3.05, 3.63) is 30.1 Å². The van der Waals surface area contributed by atoms with Crippen molar-refractivity contribution in [3.63, 3.8) is 0 Å². The molecule has 1 saturated heterocycles. The van der Waals surface area contributed by atoms with Crippen LogP contribution in [-0.2, 0) is 9.53 Å². The summed E-state index contributed by atoms with van der Waals surface area (Å²) in [5, 5.41) is 14.3. The highest BCUT2D eigenvalue weighted by Crippen LogP contribution is 2.23. The van der Waals surface area contributed by atoms with E-state index in [0.29, 0.717) is 17.4 Å². The van der Waals surface area contributed by atoms with Gasteiger partial charge in [-0.3, -0.25) is 4.79 Å². The lowest BCUT2D eigenvalue weighted by Crippen LogP contribution is -2.36. The van der Waals surface area contributed by atoms with Crippen LogP contribution >= 0.6 is 11.8 Å². The van der Waals surface area contributed by atoms with Crippen molar-refractivity contribution < 1.29 is 13.9 Å². The summed E-state index contributed by atoms with van der Waals surface area (Å²) in [7, 11) is 0. The first kappa shape index (κ1) is 16.8. The first-order valence-corrected chi connectivity index (χ1v) is 8.62. The smallest absolute Gasteiger partial charge is 0.233 e. The highest BCUT2D eigenvalue weighted by molar-refractivity contribution is 8.00. The molecule has 128 valence electrons. The van der Waals surface area contributed by atoms with Crippen LogP contribution in [0.5, 0.6) is 0 Å². The largest absolute Gasteiger partial charge is 0.376 e. The van der Waals surface area contributed by atoms with Crippen molar-refractivity contribution >= 4 is 17.7 Å². The van der Waals surface area contributed by atoms with Gasteiger partial charge in [0, 0.05) is 13.2 Å². The molecule has 0 bridgehead atoms. The summed E-state index contributed by atoms with van der Waals surface area (Å²) >= 11 is 1.22. The number of carbonyl (C=O) groups excluding carboxylic acids is 1. The van der Waals surface area contributed by atoms with Gasteiger partial charge in [-0.15, -0.1) is 5.10 Å². The molecule has 0 aliphatic carbocycles. The summed E-state index contributed by atoms with van der Waals surface area (Å²) in [6.07, 6.45) is 2.11. The number of carbonyl (C=O) groups is 1. The summed E-state index contributed by atoms with van der Waals surface area (Å²) < 4.78 is 20.3. The van der Waals surface area contributed by atoms with E-state index in [4.69, 9.17) is 4.74 Å². The number of halogens is 1. The van der Waals surface area contributed by atoms with Gasteiger partial charge in [-0.2, -0.15) is 4.68 Å². The monoisotopic (exact) mass is 351 g/mol. The van der Waals surface area contributed by atoms with E-state index in [1.165, 1.54) is 28.6 Å². The molecule has 1 N–H and O–H groups in total. The Kier molecular flexibility index (Phi) is 5.41. The van der Waals surface area contributed by atoms with Crippen LogP contribution in [0.3, 0.4) is 0 Å². The van der Waals surface area contributed by atoms with Crippen LogP contribution < -0.4 is 5.32 Å². The molecule has 1 aliphatic heterocycles. The number of ether oxygens (including phenoxy) is 1. The van der Waals surface area contributed by atoms with Crippen molar-refractivity contribution in [1.29, 1.82) is 0 Å². The number of benzene rings is 1. The summed E-state index contributed by atoms with van der Waals surface area (Å²) in [6, 6.07) is 5.97. The van der Waals surface area contributed by atoms with Gasteiger partial charge in [0.05, 0.1) is 17.0 Å². The third-order valence-electron chi connectivity index (χ3n) is 3.67. The second kappa shape index (κ2) is 7.71. The highest BCUT2D eigenvalue weighted by atomic mass is 32.2. The molecule has 1 aromatic heterocycles. The summed E-state index contributed by atoms with van der Waals surface area (Å²) in [6.45, 7) is 3.05. The number of hydrogen-bond acceptors (Lipinski definition) is 6. The van der Waals surface area contributed by atoms with Crippen LogP contribution in [0.2, 0.25) is 0 Å². The fourth-order valence-corrected chi connectivity index (χ4v) is 3.23. The van der Waals surface area contributed by atoms with E-state index in [1.54, 1.807) is 19.1 Å². The maximum absolute atomic E-state index is 13.4. The average Bonchev–Trinajstić information content (AvgIpc) is 3.24. The van der Waals surface area contributed by atoms with Crippen LogP contribution in [-0.4, -0.2) is 50.6 Å². The van der Waals surface area contributed by atoms with Crippen LogP contribution in [0.25, 0.3) is 5.69 Å². The van der Waals surface area contributed by atoms with E-state index >= 15 is 0 Å². The van der Waals surface area contributed by atoms with Gasteiger partial charge in [-0.25, -0.2) is 4.39 Å². The lowest BCUT2D eigenvalue weighted by Gasteiger charge is -2.14. The summed E-state index contributed by atoms with van der Waals surface area (Å²) in [5.74, 6) is -0.481. The first-order valence-electron chi connectivity index (χ1n) is 7.74. The number of thioether (sulfide) groups is 1. The normalized spacial score (nSPS) is 18.5. The molecule has 0 saturated carbocycles. The quantitative estimate of drug-likeness (QED) is 0.796. The third kappa shape index (κ3) is 4.09. The average molecular weight is 351 g/mol. The molecule has 1 aromatic carbocycles. The number of tetrazole rings is 1. The van der Waals surface area contributed by atoms with E-state index < -0.39 is 0 Å². The Morgan fingerprint density at radius 2 is 2.46 bits per heavy atom. The van der Waals surface area contributed by atoms with Crippen LogP contribution in [0.1, 0.15) is 19.8 Å². The lowest BCUT2D eigenvalue weighted by atomic mass is 10.2. The molecule has 7 nitrogen and oxygen atoms in total. The Balaban J connectivity index is 1.61. The number of nitrogens with one attached hydrogen (secondary N) is 1. The van der Waals surface area contributed by atoms with Crippen molar-refractivity contribution in [1.82, 2.24) is 25.5 Å². The minimum Gasteiger partial charge on any atom is -0.376 e.